The minimum Gasteiger partial charge on any atom is -0.361 e. The largest absolute Gasteiger partial charge is 0.361 e. The van der Waals surface area contributed by atoms with E-state index in [1.54, 1.807) is 14.0 Å². The Kier molecular flexibility index (Phi) is 5.52. The number of unbranched alkanes of at least 4 members (excludes halogenated alkanes) is 1. The molecular formula is C15H21N5O5. The molecule has 0 amide bonds. The molecule has 0 aliphatic heterocycles. The molecule has 2 aromatic heterocycles. The van der Waals surface area contributed by atoms with Crippen molar-refractivity contribution in [3.8, 4) is 11.3 Å². The minimum absolute atomic E-state index is 0.102. The van der Waals surface area contributed by atoms with Gasteiger partial charge in [0.1, 0.15) is 11.9 Å². The maximum absolute atomic E-state index is 12.9. The average Bonchev–Trinajstić information content (AvgIpc) is 2.99. The van der Waals surface area contributed by atoms with Crippen LogP contribution in [0.4, 0.5) is 5.69 Å². The number of rotatable bonds is 7. The Hall–Kier alpha value is -2.75. The van der Waals surface area contributed by atoms with E-state index in [0.717, 1.165) is 15.6 Å². The molecule has 0 N–H and O–H groups in total. The lowest BCUT2D eigenvalue weighted by atomic mass is 10.2. The summed E-state index contributed by atoms with van der Waals surface area (Å²) < 4.78 is 8.69. The summed E-state index contributed by atoms with van der Waals surface area (Å²) in [6, 6.07) is 0. The first-order valence-corrected chi connectivity index (χ1v) is 7.89. The van der Waals surface area contributed by atoms with Gasteiger partial charge in [-0.05, 0) is 13.3 Å². The van der Waals surface area contributed by atoms with Gasteiger partial charge in [-0.3, -0.25) is 28.7 Å². The van der Waals surface area contributed by atoms with Crippen LogP contribution in [-0.2, 0) is 18.3 Å². The van der Waals surface area contributed by atoms with Gasteiger partial charge in [-0.2, -0.15) is 5.10 Å². The molecule has 0 aliphatic carbocycles. The van der Waals surface area contributed by atoms with Crippen LogP contribution < -0.4 is 11.2 Å². The first-order chi connectivity index (χ1) is 11.8. The molecule has 0 saturated heterocycles. The molecule has 25 heavy (non-hydrogen) atoms. The second kappa shape index (κ2) is 7.43. The predicted octanol–water partition coefficient (Wildman–Crippen LogP) is 1.28. The first kappa shape index (κ1) is 18.6. The Labute approximate surface area is 143 Å². The Morgan fingerprint density at radius 3 is 2.56 bits per heavy atom. The van der Waals surface area contributed by atoms with E-state index in [-0.39, 0.29) is 12.2 Å². The fourth-order valence-electron chi connectivity index (χ4n) is 2.60. The topological polar surface area (TPSA) is 114 Å². The number of ether oxygens (including phenoxy) is 1. The lowest BCUT2D eigenvalue weighted by Crippen LogP contribution is -2.43. The third-order valence-corrected chi connectivity index (χ3v) is 3.95. The maximum Gasteiger partial charge on any atom is 0.358 e. The van der Waals surface area contributed by atoms with Crippen molar-refractivity contribution in [1.29, 1.82) is 0 Å². The standard InChI is InChI=1S/C15H21N5O5/c1-5-6-7-18-14(21)13(20(23)24)12(11-8-16-17(3)9-11)19(15(18)22)10(2)25-4/h8-10H,5-7H2,1-4H3. The Bertz CT molecular complexity index is 895. The minimum atomic E-state index is -0.915. The molecule has 0 radical (unpaired) electrons. The van der Waals surface area contributed by atoms with Gasteiger partial charge in [-0.1, -0.05) is 13.3 Å². The monoisotopic (exact) mass is 351 g/mol. The Morgan fingerprint density at radius 2 is 2.08 bits per heavy atom. The van der Waals surface area contributed by atoms with Crippen molar-refractivity contribution in [2.45, 2.75) is 39.5 Å². The number of nitrogens with zero attached hydrogens (tertiary/aromatic N) is 5. The van der Waals surface area contributed by atoms with E-state index in [4.69, 9.17) is 4.74 Å². The molecule has 0 saturated carbocycles. The fourth-order valence-corrected chi connectivity index (χ4v) is 2.60. The number of aromatic nitrogens is 4. The first-order valence-electron chi connectivity index (χ1n) is 7.89. The second-order valence-electron chi connectivity index (χ2n) is 5.65. The van der Waals surface area contributed by atoms with Crippen LogP contribution in [0.25, 0.3) is 11.3 Å². The third-order valence-electron chi connectivity index (χ3n) is 3.95. The van der Waals surface area contributed by atoms with E-state index in [2.05, 4.69) is 5.10 Å². The highest BCUT2D eigenvalue weighted by molar-refractivity contribution is 5.68. The summed E-state index contributed by atoms with van der Waals surface area (Å²) in [5.74, 6) is 0. The lowest BCUT2D eigenvalue weighted by Gasteiger charge is -2.19. The summed E-state index contributed by atoms with van der Waals surface area (Å²) in [6.45, 7) is 3.60. The predicted molar refractivity (Wildman–Crippen MR) is 90.4 cm³/mol. The van der Waals surface area contributed by atoms with Gasteiger partial charge in [0.15, 0.2) is 0 Å². The molecule has 10 heteroatoms. The molecule has 0 aliphatic rings. The fraction of sp³-hybridized carbons (Fsp3) is 0.533. The molecule has 0 bridgehead atoms. The quantitative estimate of drug-likeness (QED) is 0.548. The highest BCUT2D eigenvalue weighted by atomic mass is 16.6. The van der Waals surface area contributed by atoms with E-state index < -0.39 is 28.1 Å². The SMILES string of the molecule is CCCCn1c(=O)c([N+](=O)[O-])c(-c2cnn(C)c2)n(C(C)OC)c1=O. The van der Waals surface area contributed by atoms with Crippen LogP contribution in [-0.4, -0.2) is 30.9 Å². The van der Waals surface area contributed by atoms with E-state index in [9.17, 15) is 19.7 Å². The van der Waals surface area contributed by atoms with E-state index in [1.807, 2.05) is 6.92 Å². The van der Waals surface area contributed by atoms with Crippen molar-refractivity contribution in [2.24, 2.45) is 7.05 Å². The number of nitro groups is 1. The molecule has 0 aromatic carbocycles. The van der Waals surface area contributed by atoms with Crippen LogP contribution in [0.5, 0.6) is 0 Å². The number of aryl methyl sites for hydroxylation is 1. The lowest BCUT2D eigenvalue weighted by molar-refractivity contribution is -0.386. The van der Waals surface area contributed by atoms with Gasteiger partial charge in [0, 0.05) is 32.5 Å². The van der Waals surface area contributed by atoms with Crippen molar-refractivity contribution in [2.75, 3.05) is 7.11 Å². The summed E-state index contributed by atoms with van der Waals surface area (Å²) in [5.41, 5.74) is -2.02. The summed E-state index contributed by atoms with van der Waals surface area (Å²) in [4.78, 5) is 36.4. The second-order valence-corrected chi connectivity index (χ2v) is 5.65. The van der Waals surface area contributed by atoms with E-state index >= 15 is 0 Å². The molecule has 2 heterocycles. The average molecular weight is 351 g/mol. The Morgan fingerprint density at radius 1 is 1.40 bits per heavy atom. The van der Waals surface area contributed by atoms with Crippen molar-refractivity contribution >= 4 is 5.69 Å². The van der Waals surface area contributed by atoms with Crippen molar-refractivity contribution < 1.29 is 9.66 Å². The van der Waals surface area contributed by atoms with E-state index in [0.29, 0.717) is 12.0 Å². The Balaban J connectivity index is 2.95. The van der Waals surface area contributed by atoms with Gasteiger partial charge < -0.3 is 4.74 Å². The van der Waals surface area contributed by atoms with E-state index in [1.165, 1.54) is 24.2 Å². The number of hydrogen-bond donors (Lipinski definition) is 0. The highest BCUT2D eigenvalue weighted by Gasteiger charge is 2.31. The molecule has 10 nitrogen and oxygen atoms in total. The third kappa shape index (κ3) is 3.38. The van der Waals surface area contributed by atoms with Gasteiger partial charge in [-0.25, -0.2) is 4.79 Å². The summed E-state index contributed by atoms with van der Waals surface area (Å²) in [7, 11) is 3.03. The van der Waals surface area contributed by atoms with Crippen molar-refractivity contribution in [3.05, 3.63) is 43.3 Å². The van der Waals surface area contributed by atoms with Gasteiger partial charge in [0.05, 0.1) is 11.1 Å². The van der Waals surface area contributed by atoms with Crippen LogP contribution in [0, 0.1) is 10.1 Å². The van der Waals surface area contributed by atoms with Crippen LogP contribution in [0.3, 0.4) is 0 Å². The summed E-state index contributed by atoms with van der Waals surface area (Å²) in [5, 5.41) is 15.6. The van der Waals surface area contributed by atoms with Crippen LogP contribution in [0.2, 0.25) is 0 Å². The zero-order valence-corrected chi connectivity index (χ0v) is 14.6. The molecule has 136 valence electrons. The molecule has 2 rings (SSSR count). The number of hydrogen-bond acceptors (Lipinski definition) is 6. The van der Waals surface area contributed by atoms with Gasteiger partial charge >= 0.3 is 16.9 Å². The van der Waals surface area contributed by atoms with Crippen LogP contribution >= 0.6 is 0 Å². The van der Waals surface area contributed by atoms with Crippen molar-refractivity contribution in [3.63, 3.8) is 0 Å². The molecule has 2 aromatic rings. The zero-order chi connectivity index (χ0) is 18.7. The molecule has 0 spiro atoms. The highest BCUT2D eigenvalue weighted by Crippen LogP contribution is 2.27. The molecule has 1 atom stereocenters. The van der Waals surface area contributed by atoms with Crippen molar-refractivity contribution in [1.82, 2.24) is 18.9 Å². The maximum atomic E-state index is 12.9. The van der Waals surface area contributed by atoms with Crippen LogP contribution in [0.15, 0.2) is 22.0 Å². The number of methoxy groups -OCH3 is 1. The molecular weight excluding hydrogens is 330 g/mol. The molecule has 0 fully saturated rings. The van der Waals surface area contributed by atoms with Gasteiger partial charge in [-0.15, -0.1) is 0 Å². The summed E-state index contributed by atoms with van der Waals surface area (Å²) in [6.07, 6.45) is 3.38. The molecule has 1 unspecified atom stereocenters. The smallest absolute Gasteiger partial charge is 0.358 e. The van der Waals surface area contributed by atoms with Crippen LogP contribution in [0.1, 0.15) is 32.9 Å². The zero-order valence-electron chi connectivity index (χ0n) is 14.6. The van der Waals surface area contributed by atoms with Gasteiger partial charge in [0.25, 0.3) is 0 Å². The normalized spacial score (nSPS) is 12.3. The summed E-state index contributed by atoms with van der Waals surface area (Å²) >= 11 is 0. The van der Waals surface area contributed by atoms with Gasteiger partial charge in [0.2, 0.25) is 0 Å².